The van der Waals surface area contributed by atoms with E-state index in [4.69, 9.17) is 0 Å². The third-order valence-electron chi connectivity index (χ3n) is 16.0. The largest absolute Gasteiger partial charge is 0.311 e. The lowest BCUT2D eigenvalue weighted by molar-refractivity contribution is 0.444. The van der Waals surface area contributed by atoms with E-state index in [0.29, 0.717) is 5.92 Å². The standard InChI is InChI=1S/C66H60BN3/c1-65(2,49-25-13-6-14-26-49)51-35-38-56(39-36-51)69-60-42-37-52(66(3,4)50-27-15-7-16-28-50)45-59(60)67-58-41-40-57(68(53-29-17-8-18-30-53)54-31-19-9-20-32-54)46-61(58)70(55-33-21-10-22-34-55)63-44-48(43-62(69)64(63)67)47-23-11-5-12-24-47/h6-10,13-22,25-47H,5,11-12,23-24H2,1-4H3. The maximum atomic E-state index is 2.62. The van der Waals surface area contributed by atoms with E-state index in [1.165, 1.54) is 105 Å². The molecule has 70 heavy (non-hydrogen) atoms. The molecule has 0 atom stereocenters. The third-order valence-corrected chi connectivity index (χ3v) is 16.0. The fraction of sp³-hybridized carbons (Fsp3) is 0.182. The molecule has 1 aliphatic carbocycles. The molecule has 3 aliphatic rings. The Hall–Kier alpha value is -7.56. The smallest absolute Gasteiger partial charge is 0.252 e. The van der Waals surface area contributed by atoms with Crippen LogP contribution in [-0.2, 0) is 10.8 Å². The van der Waals surface area contributed by atoms with Crippen LogP contribution in [0.3, 0.4) is 0 Å². The summed E-state index contributed by atoms with van der Waals surface area (Å²) < 4.78 is 0. The summed E-state index contributed by atoms with van der Waals surface area (Å²) in [6.45, 7) is 9.43. The minimum atomic E-state index is -0.233. The highest BCUT2D eigenvalue weighted by atomic mass is 15.2. The lowest BCUT2D eigenvalue weighted by Gasteiger charge is -2.45. The molecule has 0 aromatic heterocycles. The van der Waals surface area contributed by atoms with Gasteiger partial charge >= 0.3 is 0 Å². The maximum absolute atomic E-state index is 2.62. The zero-order chi connectivity index (χ0) is 47.4. The number of nitrogens with zero attached hydrogens (tertiary/aromatic N) is 3. The minimum Gasteiger partial charge on any atom is -0.311 e. The topological polar surface area (TPSA) is 9.72 Å². The molecule has 9 aromatic carbocycles. The molecule has 1 fully saturated rings. The van der Waals surface area contributed by atoms with Gasteiger partial charge < -0.3 is 14.7 Å². The molecule has 2 aliphatic heterocycles. The summed E-state index contributed by atoms with van der Waals surface area (Å²) in [4.78, 5) is 7.62. The first-order valence-electron chi connectivity index (χ1n) is 25.5. The second-order valence-electron chi connectivity index (χ2n) is 20.8. The van der Waals surface area contributed by atoms with Crippen LogP contribution < -0.4 is 31.1 Å². The molecule has 0 amide bonds. The number of fused-ring (bicyclic) bond motifs is 4. The predicted octanol–water partition coefficient (Wildman–Crippen LogP) is 15.9. The molecule has 3 nitrogen and oxygen atoms in total. The Morgan fingerprint density at radius 2 is 0.857 bits per heavy atom. The summed E-state index contributed by atoms with van der Waals surface area (Å²) in [5.74, 6) is 0.497. The minimum absolute atomic E-state index is 0.0228. The lowest BCUT2D eigenvalue weighted by atomic mass is 9.33. The average Bonchev–Trinajstić information content (AvgIpc) is 3.42. The Kier molecular flexibility index (Phi) is 11.1. The molecule has 0 unspecified atom stereocenters. The van der Waals surface area contributed by atoms with Gasteiger partial charge in [-0.1, -0.05) is 193 Å². The average molecular weight is 906 g/mol. The van der Waals surface area contributed by atoms with Gasteiger partial charge in [-0.25, -0.2) is 0 Å². The van der Waals surface area contributed by atoms with Crippen molar-refractivity contribution in [2.45, 2.75) is 76.5 Å². The summed E-state index contributed by atoms with van der Waals surface area (Å²) in [5, 5.41) is 0. The second kappa shape index (κ2) is 17.8. The van der Waals surface area contributed by atoms with E-state index in [1.54, 1.807) is 0 Å². The number of para-hydroxylation sites is 3. The van der Waals surface area contributed by atoms with Gasteiger partial charge in [-0.2, -0.15) is 0 Å². The van der Waals surface area contributed by atoms with Crippen molar-refractivity contribution in [2.75, 3.05) is 14.7 Å². The molecule has 0 N–H and O–H groups in total. The SMILES string of the molecule is CC(C)(c1ccccc1)c1ccc(N2c3ccc(C(C)(C)c4ccccc4)cc3B3c4ccc(N(c5ccccc5)c5ccccc5)cc4N(c4ccccc4)c4cc(C5CCCCC5)cc2c43)cc1. The van der Waals surface area contributed by atoms with Crippen molar-refractivity contribution in [1.82, 2.24) is 0 Å². The highest BCUT2D eigenvalue weighted by molar-refractivity contribution is 7.00. The molecule has 12 rings (SSSR count). The molecule has 342 valence electrons. The first kappa shape index (κ1) is 43.7. The van der Waals surface area contributed by atoms with Gasteiger partial charge in [0.15, 0.2) is 0 Å². The second-order valence-corrected chi connectivity index (χ2v) is 20.8. The summed E-state index contributed by atoms with van der Waals surface area (Å²) in [6, 6.07) is 84.1. The molecule has 0 saturated heterocycles. The third kappa shape index (κ3) is 7.53. The van der Waals surface area contributed by atoms with Crippen LogP contribution in [0.2, 0.25) is 0 Å². The number of anilines is 9. The van der Waals surface area contributed by atoms with Crippen LogP contribution in [0.1, 0.15) is 93.5 Å². The van der Waals surface area contributed by atoms with Gasteiger partial charge in [0, 0.05) is 62.0 Å². The van der Waals surface area contributed by atoms with E-state index >= 15 is 0 Å². The van der Waals surface area contributed by atoms with Gasteiger partial charge in [-0.05, 0) is 142 Å². The van der Waals surface area contributed by atoms with Crippen LogP contribution in [0.25, 0.3) is 0 Å². The zero-order valence-electron chi connectivity index (χ0n) is 40.9. The molecular weight excluding hydrogens is 846 g/mol. The highest BCUT2D eigenvalue weighted by Crippen LogP contribution is 2.49. The van der Waals surface area contributed by atoms with Crippen LogP contribution in [0.15, 0.2) is 224 Å². The van der Waals surface area contributed by atoms with Gasteiger partial charge in [-0.3, -0.25) is 0 Å². The fourth-order valence-corrected chi connectivity index (χ4v) is 12.0. The molecule has 9 aromatic rings. The first-order chi connectivity index (χ1) is 34.3. The van der Waals surface area contributed by atoms with Gasteiger partial charge in [0.25, 0.3) is 6.71 Å². The van der Waals surface area contributed by atoms with Crippen molar-refractivity contribution < 1.29 is 0 Å². The maximum Gasteiger partial charge on any atom is 0.252 e. The van der Waals surface area contributed by atoms with Gasteiger partial charge in [0.05, 0.1) is 0 Å². The Bertz CT molecular complexity index is 3250. The number of hydrogen-bond acceptors (Lipinski definition) is 3. The van der Waals surface area contributed by atoms with Gasteiger partial charge in [0.2, 0.25) is 0 Å². The van der Waals surface area contributed by atoms with Crippen molar-refractivity contribution in [1.29, 1.82) is 0 Å². The summed E-state index contributed by atoms with van der Waals surface area (Å²) in [7, 11) is 0. The Balaban J connectivity index is 1.13. The van der Waals surface area contributed by atoms with Crippen LogP contribution >= 0.6 is 0 Å². The van der Waals surface area contributed by atoms with Crippen LogP contribution in [-0.4, -0.2) is 6.71 Å². The summed E-state index contributed by atoms with van der Waals surface area (Å²) in [5.41, 5.74) is 21.0. The van der Waals surface area contributed by atoms with Crippen LogP contribution in [0, 0.1) is 0 Å². The van der Waals surface area contributed by atoms with Crippen LogP contribution in [0.5, 0.6) is 0 Å². The van der Waals surface area contributed by atoms with Crippen molar-refractivity contribution in [2.24, 2.45) is 0 Å². The number of benzene rings is 9. The van der Waals surface area contributed by atoms with E-state index in [9.17, 15) is 0 Å². The van der Waals surface area contributed by atoms with Gasteiger partial charge in [-0.15, -0.1) is 0 Å². The summed E-state index contributed by atoms with van der Waals surface area (Å²) >= 11 is 0. The van der Waals surface area contributed by atoms with Crippen molar-refractivity contribution in [3.63, 3.8) is 0 Å². The monoisotopic (exact) mass is 905 g/mol. The predicted molar refractivity (Wildman–Crippen MR) is 298 cm³/mol. The molecule has 2 heterocycles. The first-order valence-corrected chi connectivity index (χ1v) is 25.5. The normalized spacial score (nSPS) is 14.4. The van der Waals surface area contributed by atoms with Crippen molar-refractivity contribution in [3.8, 4) is 0 Å². The van der Waals surface area contributed by atoms with E-state index in [1.807, 2.05) is 0 Å². The summed E-state index contributed by atoms with van der Waals surface area (Å²) in [6.07, 6.45) is 6.29. The van der Waals surface area contributed by atoms with Crippen molar-refractivity contribution in [3.05, 3.63) is 252 Å². The van der Waals surface area contributed by atoms with Crippen molar-refractivity contribution >= 4 is 74.3 Å². The zero-order valence-corrected chi connectivity index (χ0v) is 40.9. The molecule has 4 heteroatoms. The number of hydrogen-bond donors (Lipinski definition) is 0. The Labute approximate surface area is 415 Å². The van der Waals surface area contributed by atoms with E-state index in [-0.39, 0.29) is 17.5 Å². The Morgan fingerprint density at radius 1 is 0.386 bits per heavy atom. The Morgan fingerprint density at radius 3 is 1.43 bits per heavy atom. The number of rotatable bonds is 10. The quantitative estimate of drug-likeness (QED) is 0.127. The highest BCUT2D eigenvalue weighted by Gasteiger charge is 2.45. The van der Waals surface area contributed by atoms with Gasteiger partial charge in [0.1, 0.15) is 0 Å². The molecule has 0 spiro atoms. The molecular formula is C66H60BN3. The van der Waals surface area contributed by atoms with Crippen LogP contribution in [0.4, 0.5) is 51.2 Å². The van der Waals surface area contributed by atoms with E-state index in [2.05, 4.69) is 267 Å². The fourth-order valence-electron chi connectivity index (χ4n) is 12.0. The molecule has 0 radical (unpaired) electrons. The molecule has 0 bridgehead atoms. The lowest BCUT2D eigenvalue weighted by Crippen LogP contribution is -2.61. The van der Waals surface area contributed by atoms with E-state index < -0.39 is 0 Å². The van der Waals surface area contributed by atoms with E-state index in [0.717, 1.165) is 22.7 Å². The molecule has 1 saturated carbocycles.